The minimum absolute atomic E-state index is 0.837. The van der Waals surface area contributed by atoms with E-state index >= 15 is 0 Å². The molecule has 5 rings (SSSR count). The Balaban J connectivity index is 1.34. The van der Waals surface area contributed by atoms with Gasteiger partial charge >= 0.3 is 0 Å². The van der Waals surface area contributed by atoms with Crippen molar-refractivity contribution in [3.8, 4) is 0 Å². The molecule has 56 heavy (non-hydrogen) atoms. The summed E-state index contributed by atoms with van der Waals surface area (Å²) in [4.78, 5) is 0. The fourth-order valence-corrected chi connectivity index (χ4v) is 7.01. The molecule has 5 aliphatic heterocycles. The number of hydrogen-bond donors (Lipinski definition) is 17. The monoisotopic (exact) mass is 828 g/mol. The van der Waals surface area contributed by atoms with Crippen LogP contribution in [0.1, 0.15) is 0 Å². The molecular weight excluding hydrogens is 776 g/mol. The summed E-state index contributed by atoms with van der Waals surface area (Å²) in [5.41, 5.74) is 0. The summed E-state index contributed by atoms with van der Waals surface area (Å²) in [6.45, 7) is -4.58. The third kappa shape index (κ3) is 9.16. The first-order valence-corrected chi connectivity index (χ1v) is 17.6. The third-order valence-corrected chi connectivity index (χ3v) is 10.3. The van der Waals surface area contributed by atoms with Gasteiger partial charge in [0, 0.05) is 0 Å². The molecule has 5 saturated heterocycles. The number of hydrogen-bond acceptors (Lipinski definition) is 26. The van der Waals surface area contributed by atoms with Gasteiger partial charge in [-0.15, -0.1) is 0 Å². The highest BCUT2D eigenvalue weighted by Gasteiger charge is 2.56. The lowest BCUT2D eigenvalue weighted by atomic mass is 9.95. The van der Waals surface area contributed by atoms with Crippen molar-refractivity contribution in [2.24, 2.45) is 0 Å². The molecule has 0 saturated carbocycles. The minimum atomic E-state index is -2.18. The Labute approximate surface area is 316 Å². The van der Waals surface area contributed by atoms with Crippen LogP contribution < -0.4 is 0 Å². The standard InChI is InChI=1S/C30H52O26/c31-1-6-11(36)16(41)17(42)27(49-6)54-23-13(38)8(3-33)51-29(19(23)44)56-25-15(40)10(5-35)52-30(21(25)46)55-24-14(39)9(4-34)50-28(20(24)45)53-22-12(37)7(2-32)48-26(47)18(22)43/h6-47H,1-5H2/t6-,7-,8-,9-,10-,11-,12-,13-,14-,15-,16+,17+,18+,19+,20+,21+,22+,23+,24+,25+,26?,27-,28-,29-,30-/m1/s1. The Kier molecular flexibility index (Phi) is 16.1. The number of aliphatic hydroxyl groups excluding tert-OH is 17. The van der Waals surface area contributed by atoms with Crippen molar-refractivity contribution in [2.45, 2.75) is 154 Å². The second-order valence-electron chi connectivity index (χ2n) is 13.9. The SMILES string of the molecule is OC[C@H]1O[C@H](O[C@@H]2[C@H](O)[C@@H](O[C@@H]3[C@H](O)[C@@H](O[C@@H]4[C@H](O)[C@@H](O[C@H]5[C@H](O)[C@@H](CO)OC(O)[C@H]5O)O[C@H](CO)[C@H]4O)O[C@H](CO)[C@H]3O)O[C@H](CO)[C@H]2O)[C@@H](O)[C@@H](O)[C@@H]1O. The molecule has 1 unspecified atom stereocenters. The summed E-state index contributed by atoms with van der Waals surface area (Å²) in [7, 11) is 0. The molecule has 26 heteroatoms. The van der Waals surface area contributed by atoms with E-state index in [2.05, 4.69) is 0 Å². The van der Waals surface area contributed by atoms with Crippen molar-refractivity contribution in [3.63, 3.8) is 0 Å². The van der Waals surface area contributed by atoms with Gasteiger partial charge in [-0.3, -0.25) is 0 Å². The maximum Gasteiger partial charge on any atom is 0.187 e. The summed E-state index contributed by atoms with van der Waals surface area (Å²) < 4.78 is 48.9. The lowest BCUT2D eigenvalue weighted by Crippen LogP contribution is -2.68. The van der Waals surface area contributed by atoms with E-state index < -0.39 is 187 Å². The molecule has 0 spiro atoms. The van der Waals surface area contributed by atoms with E-state index in [4.69, 9.17) is 42.6 Å². The fourth-order valence-electron chi connectivity index (χ4n) is 7.01. The summed E-state index contributed by atoms with van der Waals surface area (Å²) in [5, 5.41) is 177. The first kappa shape index (κ1) is 46.0. The van der Waals surface area contributed by atoms with E-state index in [0.717, 1.165) is 0 Å². The van der Waals surface area contributed by atoms with Crippen LogP contribution in [-0.2, 0) is 42.6 Å². The van der Waals surface area contributed by atoms with Gasteiger partial charge in [0.05, 0.1) is 33.0 Å². The third-order valence-electron chi connectivity index (χ3n) is 10.3. The fraction of sp³-hybridized carbons (Fsp3) is 1.00. The number of rotatable bonds is 13. The highest BCUT2D eigenvalue weighted by atomic mass is 16.8. The molecule has 0 aromatic rings. The first-order chi connectivity index (χ1) is 26.5. The minimum Gasteiger partial charge on any atom is -0.394 e. The maximum atomic E-state index is 11.4. The smallest absolute Gasteiger partial charge is 0.187 e. The van der Waals surface area contributed by atoms with Crippen LogP contribution in [0.25, 0.3) is 0 Å². The molecule has 5 aliphatic rings. The topological polar surface area (TPSA) is 427 Å². The Bertz CT molecular complexity index is 1210. The van der Waals surface area contributed by atoms with Gasteiger partial charge < -0.3 is 129 Å². The predicted molar refractivity (Wildman–Crippen MR) is 167 cm³/mol. The van der Waals surface area contributed by atoms with Crippen molar-refractivity contribution in [3.05, 3.63) is 0 Å². The predicted octanol–water partition coefficient (Wildman–Crippen LogP) is -11.9. The van der Waals surface area contributed by atoms with E-state index in [0.29, 0.717) is 0 Å². The van der Waals surface area contributed by atoms with Gasteiger partial charge in [-0.2, -0.15) is 0 Å². The molecule has 0 amide bonds. The molecule has 25 atom stereocenters. The quantitative estimate of drug-likeness (QED) is 0.0819. The van der Waals surface area contributed by atoms with Crippen LogP contribution in [-0.4, -0.2) is 273 Å². The molecule has 26 nitrogen and oxygen atoms in total. The zero-order chi connectivity index (χ0) is 41.3. The largest absolute Gasteiger partial charge is 0.394 e. The van der Waals surface area contributed by atoms with Gasteiger partial charge in [0.15, 0.2) is 31.5 Å². The van der Waals surface area contributed by atoms with Crippen LogP contribution in [0.5, 0.6) is 0 Å². The van der Waals surface area contributed by atoms with Crippen molar-refractivity contribution in [1.82, 2.24) is 0 Å². The van der Waals surface area contributed by atoms with Crippen LogP contribution in [0, 0.1) is 0 Å². The first-order valence-electron chi connectivity index (χ1n) is 17.6. The molecule has 328 valence electrons. The van der Waals surface area contributed by atoms with Crippen molar-refractivity contribution >= 4 is 0 Å². The van der Waals surface area contributed by atoms with Crippen molar-refractivity contribution in [2.75, 3.05) is 33.0 Å². The van der Waals surface area contributed by atoms with Gasteiger partial charge in [-0.25, -0.2) is 0 Å². The van der Waals surface area contributed by atoms with Gasteiger partial charge in [-0.1, -0.05) is 0 Å². The van der Waals surface area contributed by atoms with Gasteiger partial charge in [-0.05, 0) is 0 Å². The van der Waals surface area contributed by atoms with Crippen molar-refractivity contribution < 1.29 is 129 Å². The molecule has 17 N–H and O–H groups in total. The molecule has 0 aromatic carbocycles. The highest BCUT2D eigenvalue weighted by Crippen LogP contribution is 2.35. The maximum absolute atomic E-state index is 11.4. The average molecular weight is 829 g/mol. The van der Waals surface area contributed by atoms with Gasteiger partial charge in [0.25, 0.3) is 0 Å². The zero-order valence-corrected chi connectivity index (χ0v) is 29.2. The molecule has 0 aliphatic carbocycles. The van der Waals surface area contributed by atoms with Crippen LogP contribution in [0.3, 0.4) is 0 Å². The molecule has 0 bridgehead atoms. The lowest BCUT2D eigenvalue weighted by Gasteiger charge is -2.49. The van der Waals surface area contributed by atoms with E-state index in [1.165, 1.54) is 0 Å². The number of ether oxygens (including phenoxy) is 9. The van der Waals surface area contributed by atoms with Crippen LogP contribution >= 0.6 is 0 Å². The van der Waals surface area contributed by atoms with Gasteiger partial charge in [0.1, 0.15) is 122 Å². The molecule has 0 aromatic heterocycles. The summed E-state index contributed by atoms with van der Waals surface area (Å²) >= 11 is 0. The normalized spacial score (nSPS) is 53.2. The Morgan fingerprint density at radius 3 is 0.821 bits per heavy atom. The Morgan fingerprint density at radius 1 is 0.268 bits per heavy atom. The van der Waals surface area contributed by atoms with Crippen LogP contribution in [0.15, 0.2) is 0 Å². The molecule has 5 heterocycles. The Hall–Kier alpha value is -1.04. The van der Waals surface area contributed by atoms with Gasteiger partial charge in [0.2, 0.25) is 0 Å². The van der Waals surface area contributed by atoms with Crippen LogP contribution in [0.2, 0.25) is 0 Å². The summed E-state index contributed by atoms with van der Waals surface area (Å²) in [5.74, 6) is 0. The second-order valence-corrected chi connectivity index (χ2v) is 13.9. The molecule has 5 fully saturated rings. The average Bonchev–Trinajstić information content (AvgIpc) is 3.18. The highest BCUT2D eigenvalue weighted by molar-refractivity contribution is 4.99. The Morgan fingerprint density at radius 2 is 0.518 bits per heavy atom. The van der Waals surface area contributed by atoms with Crippen molar-refractivity contribution in [1.29, 1.82) is 0 Å². The zero-order valence-electron chi connectivity index (χ0n) is 29.2. The molecular formula is C30H52O26. The van der Waals surface area contributed by atoms with Crippen LogP contribution in [0.4, 0.5) is 0 Å². The van der Waals surface area contributed by atoms with E-state index in [-0.39, 0.29) is 0 Å². The van der Waals surface area contributed by atoms with E-state index in [9.17, 15) is 86.8 Å². The van der Waals surface area contributed by atoms with E-state index in [1.807, 2.05) is 0 Å². The number of aliphatic hydroxyl groups is 17. The second kappa shape index (κ2) is 19.6. The summed E-state index contributed by atoms with van der Waals surface area (Å²) in [6.07, 6.45) is -47.2. The summed E-state index contributed by atoms with van der Waals surface area (Å²) in [6, 6.07) is 0. The van der Waals surface area contributed by atoms with E-state index in [1.54, 1.807) is 0 Å². The lowest BCUT2D eigenvalue weighted by molar-refractivity contribution is -0.395. The molecule has 0 radical (unpaired) electrons.